The van der Waals surface area contributed by atoms with E-state index in [-0.39, 0.29) is 6.54 Å². The van der Waals surface area contributed by atoms with Gasteiger partial charge in [-0.2, -0.15) is 0 Å². The van der Waals surface area contributed by atoms with Gasteiger partial charge in [0.2, 0.25) is 0 Å². The Bertz CT molecular complexity index is 699. The number of methoxy groups -OCH3 is 1. The smallest absolute Gasteiger partial charge is 0.313 e. The Morgan fingerprint density at radius 1 is 1.26 bits per heavy atom. The lowest BCUT2D eigenvalue weighted by atomic mass is 10.2. The average Bonchev–Trinajstić information content (AvgIpc) is 2.98. The number of carbonyl (C=O) groups is 2. The van der Waals surface area contributed by atoms with E-state index in [1.807, 2.05) is 18.4 Å². The van der Waals surface area contributed by atoms with Gasteiger partial charge in [0.15, 0.2) is 0 Å². The number of amides is 2. The summed E-state index contributed by atoms with van der Waals surface area (Å²) in [5.41, 5.74) is 1.36. The topological polar surface area (TPSA) is 87.7 Å². The van der Waals surface area contributed by atoms with Crippen molar-refractivity contribution in [3.05, 3.63) is 46.2 Å². The maximum atomic E-state index is 11.9. The summed E-state index contributed by atoms with van der Waals surface area (Å²) in [5, 5.41) is 16.8. The minimum Gasteiger partial charge on any atom is -0.495 e. The van der Waals surface area contributed by atoms with Crippen LogP contribution in [0.3, 0.4) is 0 Å². The van der Waals surface area contributed by atoms with Gasteiger partial charge in [-0.1, -0.05) is 12.1 Å². The highest BCUT2D eigenvalue weighted by atomic mass is 32.1. The highest BCUT2D eigenvalue weighted by molar-refractivity contribution is 7.10. The number of hydrogen-bond donors (Lipinski definition) is 3. The normalized spacial score (nSPS) is 11.6. The van der Waals surface area contributed by atoms with Crippen LogP contribution in [-0.2, 0) is 9.59 Å². The van der Waals surface area contributed by atoms with Crippen LogP contribution in [0.1, 0.15) is 16.5 Å². The molecule has 23 heavy (non-hydrogen) atoms. The summed E-state index contributed by atoms with van der Waals surface area (Å²) in [6.07, 6.45) is -0.835. The third kappa shape index (κ3) is 4.30. The second-order valence-electron chi connectivity index (χ2n) is 4.85. The number of anilines is 1. The maximum absolute atomic E-state index is 11.9. The molecule has 1 heterocycles. The third-order valence-electron chi connectivity index (χ3n) is 3.22. The first-order valence-corrected chi connectivity index (χ1v) is 7.85. The fraction of sp³-hybridized carbons (Fsp3) is 0.250. The second kappa shape index (κ2) is 7.75. The Hall–Kier alpha value is -2.38. The zero-order valence-electron chi connectivity index (χ0n) is 12.8. The van der Waals surface area contributed by atoms with Gasteiger partial charge in [-0.05, 0) is 36.1 Å². The number of hydrogen-bond acceptors (Lipinski definition) is 5. The molecule has 0 radical (unpaired) electrons. The lowest BCUT2D eigenvalue weighted by Crippen LogP contribution is -2.37. The van der Waals surface area contributed by atoms with E-state index in [1.54, 1.807) is 24.3 Å². The number of thiophene rings is 1. The number of aliphatic hydroxyl groups is 1. The number of aryl methyl sites for hydroxylation is 1. The van der Waals surface area contributed by atoms with Crippen molar-refractivity contribution in [3.8, 4) is 5.75 Å². The molecule has 1 aromatic carbocycles. The first-order valence-electron chi connectivity index (χ1n) is 6.97. The summed E-state index contributed by atoms with van der Waals surface area (Å²) in [5.74, 6) is -1.17. The largest absolute Gasteiger partial charge is 0.495 e. The number of carbonyl (C=O) groups excluding carboxylic acids is 2. The molecule has 2 amide bonds. The van der Waals surface area contributed by atoms with E-state index in [9.17, 15) is 14.7 Å². The lowest BCUT2D eigenvalue weighted by Gasteiger charge is -2.12. The molecule has 2 rings (SSSR count). The number of aliphatic hydroxyl groups excluding tert-OH is 1. The fourth-order valence-electron chi connectivity index (χ4n) is 2.02. The Labute approximate surface area is 138 Å². The Kier molecular flexibility index (Phi) is 5.72. The van der Waals surface area contributed by atoms with Crippen LogP contribution in [0, 0.1) is 6.92 Å². The lowest BCUT2D eigenvalue weighted by molar-refractivity contribution is -0.136. The summed E-state index contributed by atoms with van der Waals surface area (Å²) < 4.78 is 5.10. The van der Waals surface area contributed by atoms with Gasteiger partial charge < -0.3 is 20.5 Å². The van der Waals surface area contributed by atoms with Crippen molar-refractivity contribution < 1.29 is 19.4 Å². The van der Waals surface area contributed by atoms with Crippen molar-refractivity contribution in [2.45, 2.75) is 13.0 Å². The molecule has 1 atom stereocenters. The molecule has 0 aliphatic heterocycles. The summed E-state index contributed by atoms with van der Waals surface area (Å²) in [6.45, 7) is 1.85. The SMILES string of the molecule is COc1ccccc1NC(=O)C(=O)NCC(O)c1sccc1C. The molecule has 0 spiro atoms. The Morgan fingerprint density at radius 2 is 2.00 bits per heavy atom. The molecule has 0 bridgehead atoms. The molecule has 2 aromatic rings. The van der Waals surface area contributed by atoms with Crippen molar-refractivity contribution >= 4 is 28.8 Å². The van der Waals surface area contributed by atoms with Crippen LogP contribution >= 0.6 is 11.3 Å². The predicted molar refractivity (Wildman–Crippen MR) is 88.6 cm³/mol. The van der Waals surface area contributed by atoms with Gasteiger partial charge in [-0.3, -0.25) is 9.59 Å². The zero-order valence-corrected chi connectivity index (χ0v) is 13.6. The van der Waals surface area contributed by atoms with Crippen LogP contribution in [0.5, 0.6) is 5.75 Å². The van der Waals surface area contributed by atoms with E-state index in [4.69, 9.17) is 4.74 Å². The maximum Gasteiger partial charge on any atom is 0.313 e. The van der Waals surface area contributed by atoms with Gasteiger partial charge in [0.25, 0.3) is 0 Å². The molecule has 3 N–H and O–H groups in total. The van der Waals surface area contributed by atoms with Crippen LogP contribution in [-0.4, -0.2) is 30.6 Å². The molecule has 1 unspecified atom stereocenters. The molecule has 0 aliphatic rings. The standard InChI is InChI=1S/C16H18N2O4S/c1-10-7-8-23-14(10)12(19)9-17-15(20)16(21)18-11-5-3-4-6-13(11)22-2/h3-8,12,19H,9H2,1-2H3,(H,17,20)(H,18,21). The number of para-hydroxylation sites is 2. The number of nitrogens with one attached hydrogen (secondary N) is 2. The van der Waals surface area contributed by atoms with Crippen LogP contribution in [0.25, 0.3) is 0 Å². The van der Waals surface area contributed by atoms with Crippen molar-refractivity contribution in [1.29, 1.82) is 0 Å². The minimum atomic E-state index is -0.835. The molecule has 1 aromatic heterocycles. The van der Waals surface area contributed by atoms with Crippen LogP contribution in [0.15, 0.2) is 35.7 Å². The molecule has 0 fully saturated rings. The van der Waals surface area contributed by atoms with Gasteiger partial charge in [0.05, 0.1) is 12.8 Å². The molecule has 0 aliphatic carbocycles. The quantitative estimate of drug-likeness (QED) is 0.728. The molecular weight excluding hydrogens is 316 g/mol. The first kappa shape index (κ1) is 17.0. The summed E-state index contributed by atoms with van der Waals surface area (Å²) in [7, 11) is 1.48. The minimum absolute atomic E-state index is 0.0282. The highest BCUT2D eigenvalue weighted by Crippen LogP contribution is 2.24. The molecule has 6 nitrogen and oxygen atoms in total. The molecular formula is C16H18N2O4S. The van der Waals surface area contributed by atoms with Crippen molar-refractivity contribution in [1.82, 2.24) is 5.32 Å². The van der Waals surface area contributed by atoms with Gasteiger partial charge >= 0.3 is 11.8 Å². The van der Waals surface area contributed by atoms with E-state index >= 15 is 0 Å². The van der Waals surface area contributed by atoms with E-state index < -0.39 is 17.9 Å². The van der Waals surface area contributed by atoms with Gasteiger partial charge in [0, 0.05) is 11.4 Å². The van der Waals surface area contributed by atoms with Crippen LogP contribution in [0.2, 0.25) is 0 Å². The first-order chi connectivity index (χ1) is 11.0. The van der Waals surface area contributed by atoms with Crippen molar-refractivity contribution in [3.63, 3.8) is 0 Å². The Balaban J connectivity index is 1.90. The van der Waals surface area contributed by atoms with Gasteiger partial charge in [0.1, 0.15) is 11.9 Å². The summed E-state index contributed by atoms with van der Waals surface area (Å²) in [4.78, 5) is 24.5. The number of ether oxygens (including phenoxy) is 1. The molecule has 122 valence electrons. The molecule has 0 saturated carbocycles. The van der Waals surface area contributed by atoms with E-state index in [1.165, 1.54) is 18.4 Å². The van der Waals surface area contributed by atoms with E-state index in [0.29, 0.717) is 11.4 Å². The van der Waals surface area contributed by atoms with Crippen molar-refractivity contribution in [2.75, 3.05) is 19.0 Å². The third-order valence-corrected chi connectivity index (χ3v) is 4.34. The monoisotopic (exact) mass is 334 g/mol. The summed E-state index contributed by atoms with van der Waals surface area (Å²) in [6, 6.07) is 8.68. The second-order valence-corrected chi connectivity index (χ2v) is 5.80. The van der Waals surface area contributed by atoms with Gasteiger partial charge in [-0.15, -0.1) is 11.3 Å². The fourth-order valence-corrected chi connectivity index (χ4v) is 2.93. The van der Waals surface area contributed by atoms with Crippen LogP contribution < -0.4 is 15.4 Å². The number of benzene rings is 1. The predicted octanol–water partition coefficient (Wildman–Crippen LogP) is 1.85. The summed E-state index contributed by atoms with van der Waals surface area (Å²) >= 11 is 1.41. The highest BCUT2D eigenvalue weighted by Gasteiger charge is 2.18. The zero-order chi connectivity index (χ0) is 16.8. The van der Waals surface area contributed by atoms with E-state index in [0.717, 1.165) is 10.4 Å². The van der Waals surface area contributed by atoms with Crippen molar-refractivity contribution in [2.24, 2.45) is 0 Å². The molecule has 0 saturated heterocycles. The number of rotatable bonds is 5. The Morgan fingerprint density at radius 3 is 2.65 bits per heavy atom. The average molecular weight is 334 g/mol. The van der Waals surface area contributed by atoms with Gasteiger partial charge in [-0.25, -0.2) is 0 Å². The molecule has 7 heteroatoms. The van der Waals surface area contributed by atoms with E-state index in [2.05, 4.69) is 10.6 Å². The van der Waals surface area contributed by atoms with Crippen LogP contribution in [0.4, 0.5) is 5.69 Å².